The lowest BCUT2D eigenvalue weighted by Crippen LogP contribution is -2.48. The van der Waals surface area contributed by atoms with Crippen molar-refractivity contribution in [3.63, 3.8) is 0 Å². The molecule has 0 aromatic heterocycles. The Morgan fingerprint density at radius 2 is 1.82 bits per heavy atom. The van der Waals surface area contributed by atoms with E-state index in [4.69, 9.17) is 11.6 Å². The summed E-state index contributed by atoms with van der Waals surface area (Å²) in [6, 6.07) is 7.39. The van der Waals surface area contributed by atoms with Gasteiger partial charge in [0.2, 0.25) is 0 Å². The third kappa shape index (κ3) is 12.7. The fourth-order valence-corrected chi connectivity index (χ4v) is 4.80. The molecular formula is C35H51ClFN3. The fraction of sp³-hybridized carbons (Fsp3) is 0.457. The molecule has 0 bridgehead atoms. The zero-order valence-corrected chi connectivity index (χ0v) is 26.8. The molecule has 0 spiro atoms. The van der Waals surface area contributed by atoms with E-state index in [2.05, 4.69) is 62.8 Å². The van der Waals surface area contributed by atoms with E-state index in [0.29, 0.717) is 11.6 Å². The molecular weight excluding hydrogens is 517 g/mol. The highest BCUT2D eigenvalue weighted by molar-refractivity contribution is 6.31. The van der Waals surface area contributed by atoms with Crippen LogP contribution in [-0.4, -0.2) is 36.3 Å². The van der Waals surface area contributed by atoms with Crippen molar-refractivity contribution in [3.8, 4) is 0 Å². The van der Waals surface area contributed by atoms with Gasteiger partial charge in [-0.15, -0.1) is 0 Å². The molecule has 40 heavy (non-hydrogen) atoms. The van der Waals surface area contributed by atoms with Crippen molar-refractivity contribution >= 4 is 22.9 Å². The fourth-order valence-electron chi connectivity index (χ4n) is 4.54. The molecule has 5 heteroatoms. The van der Waals surface area contributed by atoms with E-state index in [1.54, 1.807) is 6.07 Å². The SMILES string of the molecule is CC/C=C/C=C(Cl)\C=C(/C)CCC.C\C=C(C(/C(C)=N/C=C/CC)=C(/C)N1CCNC(C)C1)\c1ccccc1F. The van der Waals surface area contributed by atoms with Gasteiger partial charge in [-0.25, -0.2) is 4.39 Å². The van der Waals surface area contributed by atoms with Crippen molar-refractivity contribution in [3.05, 3.63) is 100 Å². The largest absolute Gasteiger partial charge is 0.372 e. The van der Waals surface area contributed by atoms with Gasteiger partial charge in [-0.05, 0) is 77.7 Å². The molecule has 0 amide bonds. The van der Waals surface area contributed by atoms with Crippen molar-refractivity contribution in [1.29, 1.82) is 0 Å². The minimum atomic E-state index is -0.207. The average Bonchev–Trinajstić information content (AvgIpc) is 2.92. The molecule has 1 saturated heterocycles. The van der Waals surface area contributed by atoms with Crippen LogP contribution < -0.4 is 5.32 Å². The number of aliphatic imine (C=N–C) groups is 1. The Morgan fingerprint density at radius 3 is 2.42 bits per heavy atom. The lowest BCUT2D eigenvalue weighted by atomic mass is 9.92. The molecule has 2 rings (SSSR count). The molecule has 1 aliphatic heterocycles. The highest BCUT2D eigenvalue weighted by Gasteiger charge is 2.22. The summed E-state index contributed by atoms with van der Waals surface area (Å²) in [5, 5.41) is 4.30. The number of rotatable bonds is 11. The molecule has 1 fully saturated rings. The maximum atomic E-state index is 14.6. The number of halogens is 2. The number of piperazine rings is 1. The Morgan fingerprint density at radius 1 is 1.12 bits per heavy atom. The molecule has 0 radical (unpaired) electrons. The first kappa shape index (κ1) is 35.3. The van der Waals surface area contributed by atoms with E-state index in [0.717, 1.165) is 66.5 Å². The highest BCUT2D eigenvalue weighted by atomic mass is 35.5. The van der Waals surface area contributed by atoms with Crippen LogP contribution in [0.5, 0.6) is 0 Å². The Balaban J connectivity index is 0.000000520. The second-order valence-electron chi connectivity index (χ2n) is 10.1. The number of nitrogens with one attached hydrogen (secondary N) is 1. The highest BCUT2D eigenvalue weighted by Crippen LogP contribution is 2.30. The van der Waals surface area contributed by atoms with Gasteiger partial charge in [-0.1, -0.05) is 86.9 Å². The first-order valence-corrected chi connectivity index (χ1v) is 15.1. The number of nitrogens with zero attached hydrogens (tertiary/aromatic N) is 2. The zero-order chi connectivity index (χ0) is 29.9. The van der Waals surface area contributed by atoms with Gasteiger partial charge in [-0.3, -0.25) is 4.99 Å². The van der Waals surface area contributed by atoms with Crippen LogP contribution in [0.25, 0.3) is 5.57 Å². The smallest absolute Gasteiger partial charge is 0.131 e. The molecule has 0 aliphatic carbocycles. The molecule has 1 atom stereocenters. The van der Waals surface area contributed by atoms with E-state index >= 15 is 0 Å². The quantitative estimate of drug-likeness (QED) is 0.213. The number of benzene rings is 1. The summed E-state index contributed by atoms with van der Waals surface area (Å²) in [6.07, 6.45) is 18.2. The standard InChI is InChI=1S/C23H32FN3.C12H19Cl/c1-6-8-13-26-18(4)23(19(5)27-15-14-25-17(3)16-27)20(7-2)21-11-9-10-12-22(21)24;1-4-6-7-9-12(13)10-11(3)8-5-2/h7-13,17,25H,6,14-16H2,1-5H3;6-7,9-10H,4-5,8H2,1-3H3/b13-8+,20-7-,23-19-,26-18+;7-6+,11-10+,12-9+. The maximum Gasteiger partial charge on any atom is 0.131 e. The number of hydrogen-bond acceptors (Lipinski definition) is 3. The van der Waals surface area contributed by atoms with Gasteiger partial charge in [-0.2, -0.15) is 0 Å². The van der Waals surface area contributed by atoms with Crippen LogP contribution in [0.4, 0.5) is 4.39 Å². The summed E-state index contributed by atoms with van der Waals surface area (Å²) in [5.41, 5.74) is 5.91. The van der Waals surface area contributed by atoms with E-state index in [1.807, 2.05) is 62.6 Å². The van der Waals surface area contributed by atoms with Gasteiger partial charge in [0.1, 0.15) is 5.82 Å². The predicted octanol–water partition coefficient (Wildman–Crippen LogP) is 10.0. The number of hydrogen-bond donors (Lipinski definition) is 1. The summed E-state index contributed by atoms with van der Waals surface area (Å²) in [6.45, 7) is 19.6. The van der Waals surface area contributed by atoms with Gasteiger partial charge >= 0.3 is 0 Å². The van der Waals surface area contributed by atoms with E-state index < -0.39 is 0 Å². The van der Waals surface area contributed by atoms with Crippen LogP contribution in [0.3, 0.4) is 0 Å². The average molecular weight is 568 g/mol. The lowest BCUT2D eigenvalue weighted by Gasteiger charge is -2.36. The van der Waals surface area contributed by atoms with Crippen LogP contribution >= 0.6 is 11.6 Å². The van der Waals surface area contributed by atoms with Gasteiger partial charge in [0, 0.05) is 59.5 Å². The zero-order valence-electron chi connectivity index (χ0n) is 26.0. The molecule has 1 heterocycles. The van der Waals surface area contributed by atoms with Crippen LogP contribution in [0, 0.1) is 5.82 Å². The topological polar surface area (TPSA) is 27.6 Å². The van der Waals surface area contributed by atoms with Gasteiger partial charge in [0.05, 0.1) is 0 Å². The van der Waals surface area contributed by atoms with Crippen LogP contribution in [0.2, 0.25) is 0 Å². The minimum Gasteiger partial charge on any atom is -0.372 e. The molecule has 0 saturated carbocycles. The lowest BCUT2D eigenvalue weighted by molar-refractivity contribution is 0.256. The van der Waals surface area contributed by atoms with E-state index in [1.165, 1.54) is 18.1 Å². The van der Waals surface area contributed by atoms with Crippen molar-refractivity contribution in [2.45, 2.75) is 87.1 Å². The van der Waals surface area contributed by atoms with Gasteiger partial charge < -0.3 is 10.2 Å². The van der Waals surface area contributed by atoms with E-state index in [-0.39, 0.29) is 5.82 Å². The molecule has 3 nitrogen and oxygen atoms in total. The minimum absolute atomic E-state index is 0.207. The van der Waals surface area contributed by atoms with Gasteiger partial charge in [0.15, 0.2) is 0 Å². The Hall–Kier alpha value is -2.69. The van der Waals surface area contributed by atoms with Crippen molar-refractivity contribution < 1.29 is 4.39 Å². The Labute approximate surface area is 249 Å². The summed E-state index contributed by atoms with van der Waals surface area (Å²) in [5.74, 6) is -0.207. The second kappa shape index (κ2) is 20.2. The van der Waals surface area contributed by atoms with Crippen molar-refractivity contribution in [2.75, 3.05) is 19.6 Å². The predicted molar refractivity (Wildman–Crippen MR) is 176 cm³/mol. The van der Waals surface area contributed by atoms with Crippen LogP contribution in [-0.2, 0) is 0 Å². The van der Waals surface area contributed by atoms with E-state index in [9.17, 15) is 4.39 Å². The summed E-state index contributed by atoms with van der Waals surface area (Å²) in [7, 11) is 0. The summed E-state index contributed by atoms with van der Waals surface area (Å²) in [4.78, 5) is 7.02. The third-order valence-electron chi connectivity index (χ3n) is 6.55. The first-order chi connectivity index (χ1) is 19.2. The summed E-state index contributed by atoms with van der Waals surface area (Å²) < 4.78 is 14.6. The molecule has 1 aromatic rings. The van der Waals surface area contributed by atoms with Crippen molar-refractivity contribution in [1.82, 2.24) is 10.2 Å². The monoisotopic (exact) mass is 567 g/mol. The Kier molecular flexibility index (Phi) is 17.9. The van der Waals surface area contributed by atoms with Crippen molar-refractivity contribution in [2.24, 2.45) is 4.99 Å². The van der Waals surface area contributed by atoms with Gasteiger partial charge in [0.25, 0.3) is 0 Å². The third-order valence-corrected chi connectivity index (χ3v) is 6.79. The molecule has 1 aliphatic rings. The molecule has 1 N–H and O–H groups in total. The molecule has 1 unspecified atom stereocenters. The van der Waals surface area contributed by atoms with Crippen LogP contribution in [0.15, 0.2) is 93.8 Å². The normalized spacial score (nSPS) is 18.2. The number of allylic oxidation sites excluding steroid dienone is 11. The molecule has 1 aromatic carbocycles. The maximum absolute atomic E-state index is 14.6. The first-order valence-electron chi connectivity index (χ1n) is 14.7. The second-order valence-corrected chi connectivity index (χ2v) is 10.5. The summed E-state index contributed by atoms with van der Waals surface area (Å²) >= 11 is 5.98. The van der Waals surface area contributed by atoms with Crippen LogP contribution in [0.1, 0.15) is 86.6 Å². The molecule has 220 valence electrons. The Bertz CT molecular complexity index is 1120.